The van der Waals surface area contributed by atoms with Crippen LogP contribution in [0, 0.1) is 0 Å². The van der Waals surface area contributed by atoms with Gasteiger partial charge >= 0.3 is 0 Å². The van der Waals surface area contributed by atoms with Crippen LogP contribution in [0.4, 0.5) is 0 Å². The lowest BCUT2D eigenvalue weighted by atomic mass is 9.96. The Kier molecular flexibility index (Phi) is 6.25. The number of carbonyl (C=O) groups excluding carboxylic acids is 1. The molecule has 0 bridgehead atoms. The molecule has 164 valence electrons. The average molecular weight is 479 g/mol. The fraction of sp³-hybridized carbons (Fsp3) is 0.318. The molecule has 0 saturated carbocycles. The second-order valence-corrected chi connectivity index (χ2v) is 11.4. The summed E-state index contributed by atoms with van der Waals surface area (Å²) in [5, 5.41) is 2.10. The van der Waals surface area contributed by atoms with Crippen LogP contribution in [0.15, 0.2) is 52.7 Å². The van der Waals surface area contributed by atoms with Gasteiger partial charge in [0.25, 0.3) is 10.0 Å². The van der Waals surface area contributed by atoms with Gasteiger partial charge in [-0.15, -0.1) is 11.3 Å². The number of sulfonamides is 1. The van der Waals surface area contributed by atoms with Crippen molar-refractivity contribution in [3.63, 3.8) is 0 Å². The summed E-state index contributed by atoms with van der Waals surface area (Å²) in [6.45, 7) is 3.17. The molecule has 1 unspecified atom stereocenters. The number of amides is 1. The Morgan fingerprint density at radius 1 is 1.03 bits per heavy atom. The molecule has 1 fully saturated rings. The van der Waals surface area contributed by atoms with E-state index in [1.165, 1.54) is 10.4 Å². The molecule has 2 aromatic carbocycles. The summed E-state index contributed by atoms with van der Waals surface area (Å²) < 4.78 is 32.9. The third-order valence-corrected chi connectivity index (χ3v) is 9.23. The van der Waals surface area contributed by atoms with Gasteiger partial charge in [-0.25, -0.2) is 8.42 Å². The van der Waals surface area contributed by atoms with Crippen LogP contribution in [0.3, 0.4) is 0 Å². The molecule has 0 N–H and O–H groups in total. The summed E-state index contributed by atoms with van der Waals surface area (Å²) in [7, 11) is -1.94. The Bertz CT molecular complexity index is 1220. The van der Waals surface area contributed by atoms with Gasteiger partial charge in [-0.2, -0.15) is 4.31 Å². The summed E-state index contributed by atoms with van der Waals surface area (Å²) in [4.78, 5) is 14.8. The van der Waals surface area contributed by atoms with Gasteiger partial charge in [-0.1, -0.05) is 35.9 Å². The van der Waals surface area contributed by atoms with E-state index in [0.29, 0.717) is 17.4 Å². The number of carbonyl (C=O) groups is 1. The highest BCUT2D eigenvalue weighted by Crippen LogP contribution is 2.30. The van der Waals surface area contributed by atoms with Crippen LogP contribution in [0.2, 0.25) is 4.34 Å². The molecule has 31 heavy (non-hydrogen) atoms. The van der Waals surface area contributed by atoms with Gasteiger partial charge in [0.1, 0.15) is 9.96 Å². The van der Waals surface area contributed by atoms with Crippen molar-refractivity contribution in [2.75, 3.05) is 33.3 Å². The van der Waals surface area contributed by atoms with Gasteiger partial charge in [0, 0.05) is 26.2 Å². The van der Waals surface area contributed by atoms with Crippen LogP contribution >= 0.6 is 22.9 Å². The second kappa shape index (κ2) is 8.78. The number of nitrogens with zero attached hydrogens (tertiary/aromatic N) is 2. The maximum atomic E-state index is 13.1. The molecule has 1 aromatic heterocycles. The van der Waals surface area contributed by atoms with E-state index in [9.17, 15) is 13.2 Å². The highest BCUT2D eigenvalue weighted by molar-refractivity contribution is 7.91. The number of piperazine rings is 1. The van der Waals surface area contributed by atoms with Crippen LogP contribution < -0.4 is 4.74 Å². The van der Waals surface area contributed by atoms with E-state index in [1.807, 2.05) is 43.3 Å². The molecule has 1 aliphatic rings. The molecule has 1 amide bonds. The number of halogens is 1. The Balaban J connectivity index is 1.44. The van der Waals surface area contributed by atoms with E-state index in [0.717, 1.165) is 33.4 Å². The number of benzene rings is 2. The zero-order valence-electron chi connectivity index (χ0n) is 17.2. The Hall–Kier alpha value is -2.13. The molecule has 1 atom stereocenters. The third-order valence-electron chi connectivity index (χ3n) is 5.63. The lowest BCUT2D eigenvalue weighted by Gasteiger charge is -2.35. The first kappa shape index (κ1) is 22.1. The molecular weight excluding hydrogens is 456 g/mol. The van der Waals surface area contributed by atoms with Crippen LogP contribution in [-0.4, -0.2) is 56.8 Å². The number of methoxy groups -OCH3 is 1. The molecule has 0 radical (unpaired) electrons. The quantitative estimate of drug-likeness (QED) is 0.551. The second-order valence-electron chi connectivity index (χ2n) is 7.48. The molecule has 3 aromatic rings. The third kappa shape index (κ3) is 4.43. The van der Waals surface area contributed by atoms with Crippen molar-refractivity contribution >= 4 is 49.6 Å². The summed E-state index contributed by atoms with van der Waals surface area (Å²) in [6, 6.07) is 14.9. The average Bonchev–Trinajstić information content (AvgIpc) is 3.24. The molecule has 9 heteroatoms. The zero-order valence-corrected chi connectivity index (χ0v) is 19.6. The molecule has 1 saturated heterocycles. The summed E-state index contributed by atoms with van der Waals surface area (Å²) >= 11 is 6.94. The van der Waals surface area contributed by atoms with Gasteiger partial charge in [0.05, 0.1) is 17.4 Å². The van der Waals surface area contributed by atoms with Crippen molar-refractivity contribution in [2.45, 2.75) is 17.1 Å². The molecular formula is C22H23ClN2O4S2. The normalized spacial score (nSPS) is 16.4. The molecule has 2 heterocycles. The minimum atomic E-state index is -3.57. The number of fused-ring (bicyclic) bond motifs is 1. The standard InChI is InChI=1S/C22H23ClN2O4S2/c1-15(16-3-4-18-14-19(29-2)6-5-17(18)13-16)22(26)24-9-11-25(12-10-24)31(27,28)21-8-7-20(23)30-21/h3-8,13-15H,9-12H2,1-2H3. The maximum Gasteiger partial charge on any atom is 0.252 e. The fourth-order valence-electron chi connectivity index (χ4n) is 3.77. The smallest absolute Gasteiger partial charge is 0.252 e. The highest BCUT2D eigenvalue weighted by atomic mass is 35.5. The Morgan fingerprint density at radius 3 is 2.35 bits per heavy atom. The molecule has 0 aliphatic carbocycles. The van der Waals surface area contributed by atoms with Gasteiger partial charge in [0.2, 0.25) is 5.91 Å². The van der Waals surface area contributed by atoms with E-state index in [-0.39, 0.29) is 29.1 Å². The van der Waals surface area contributed by atoms with E-state index in [1.54, 1.807) is 18.1 Å². The Labute approximate surface area is 191 Å². The van der Waals surface area contributed by atoms with E-state index in [4.69, 9.17) is 16.3 Å². The van der Waals surface area contributed by atoms with Crippen molar-refractivity contribution in [1.29, 1.82) is 0 Å². The fourth-order valence-corrected chi connectivity index (χ4v) is 6.83. The number of hydrogen-bond acceptors (Lipinski definition) is 5. The van der Waals surface area contributed by atoms with Crippen molar-refractivity contribution < 1.29 is 17.9 Å². The van der Waals surface area contributed by atoms with Crippen LogP contribution in [-0.2, 0) is 14.8 Å². The summed E-state index contributed by atoms with van der Waals surface area (Å²) in [5.41, 5.74) is 0.936. The van der Waals surface area contributed by atoms with Crippen molar-refractivity contribution in [3.05, 3.63) is 58.4 Å². The van der Waals surface area contributed by atoms with Crippen molar-refractivity contribution in [1.82, 2.24) is 9.21 Å². The van der Waals surface area contributed by atoms with E-state index in [2.05, 4.69) is 0 Å². The first-order chi connectivity index (χ1) is 14.8. The number of rotatable bonds is 5. The first-order valence-corrected chi connectivity index (χ1v) is 12.5. The van der Waals surface area contributed by atoms with Gasteiger partial charge in [0.15, 0.2) is 0 Å². The number of hydrogen-bond donors (Lipinski definition) is 0. The lowest BCUT2D eigenvalue weighted by Crippen LogP contribution is -2.51. The monoisotopic (exact) mass is 478 g/mol. The summed E-state index contributed by atoms with van der Waals surface area (Å²) in [5.74, 6) is 0.483. The van der Waals surface area contributed by atoms with Crippen LogP contribution in [0.5, 0.6) is 5.75 Å². The van der Waals surface area contributed by atoms with E-state index >= 15 is 0 Å². The molecule has 4 rings (SSSR count). The minimum absolute atomic E-state index is 0.00378. The van der Waals surface area contributed by atoms with Crippen LogP contribution in [0.1, 0.15) is 18.4 Å². The first-order valence-electron chi connectivity index (χ1n) is 9.91. The largest absolute Gasteiger partial charge is 0.497 e. The van der Waals surface area contributed by atoms with Gasteiger partial charge in [-0.3, -0.25) is 4.79 Å². The molecule has 1 aliphatic heterocycles. The van der Waals surface area contributed by atoms with Gasteiger partial charge < -0.3 is 9.64 Å². The lowest BCUT2D eigenvalue weighted by molar-refractivity contribution is -0.133. The van der Waals surface area contributed by atoms with Crippen LogP contribution in [0.25, 0.3) is 10.8 Å². The minimum Gasteiger partial charge on any atom is -0.497 e. The Morgan fingerprint density at radius 2 is 1.71 bits per heavy atom. The van der Waals surface area contributed by atoms with E-state index < -0.39 is 10.0 Å². The predicted molar refractivity (Wildman–Crippen MR) is 124 cm³/mol. The number of thiophene rings is 1. The summed E-state index contributed by atoms with van der Waals surface area (Å²) in [6.07, 6.45) is 0. The predicted octanol–water partition coefficient (Wildman–Crippen LogP) is 4.20. The number of ether oxygens (including phenoxy) is 1. The molecule has 6 nitrogen and oxygen atoms in total. The maximum absolute atomic E-state index is 13.1. The van der Waals surface area contributed by atoms with Crippen molar-refractivity contribution in [3.8, 4) is 5.75 Å². The highest BCUT2D eigenvalue weighted by Gasteiger charge is 2.32. The topological polar surface area (TPSA) is 66.9 Å². The SMILES string of the molecule is COc1ccc2cc(C(C)C(=O)N3CCN(S(=O)(=O)c4ccc(Cl)s4)CC3)ccc2c1. The molecule has 0 spiro atoms. The van der Waals surface area contributed by atoms with Crippen molar-refractivity contribution in [2.24, 2.45) is 0 Å². The van der Waals surface area contributed by atoms with Gasteiger partial charge in [-0.05, 0) is 47.5 Å². The zero-order chi connectivity index (χ0) is 22.2.